The van der Waals surface area contributed by atoms with Crippen molar-refractivity contribution in [3.8, 4) is 5.75 Å². The molecule has 1 unspecified atom stereocenters. The molecule has 4 heteroatoms. The van der Waals surface area contributed by atoms with Crippen LogP contribution < -0.4 is 4.74 Å². The molecular weight excluding hydrogens is 254 g/mol. The van der Waals surface area contributed by atoms with Gasteiger partial charge in [-0.1, -0.05) is 11.2 Å². The SMILES string of the molecule is COc1ccc2c(c1)C(=O)C(Cc1cc(C)no1)CC2. The molecule has 1 aliphatic rings. The summed E-state index contributed by atoms with van der Waals surface area (Å²) in [5.74, 6) is 1.67. The highest BCUT2D eigenvalue weighted by molar-refractivity contribution is 6.00. The zero-order valence-corrected chi connectivity index (χ0v) is 11.7. The van der Waals surface area contributed by atoms with Crippen LogP contribution in [0.1, 0.15) is 33.8 Å². The van der Waals surface area contributed by atoms with E-state index >= 15 is 0 Å². The largest absolute Gasteiger partial charge is 0.497 e. The van der Waals surface area contributed by atoms with Gasteiger partial charge in [-0.2, -0.15) is 0 Å². The first-order valence-corrected chi connectivity index (χ1v) is 6.80. The Morgan fingerprint density at radius 2 is 2.25 bits per heavy atom. The monoisotopic (exact) mass is 271 g/mol. The number of benzene rings is 1. The van der Waals surface area contributed by atoms with Crippen LogP contribution in [-0.4, -0.2) is 18.0 Å². The number of Topliss-reactive ketones (excluding diaryl/α,β-unsaturated/α-hetero) is 1. The fourth-order valence-corrected chi connectivity index (χ4v) is 2.76. The molecule has 3 rings (SSSR count). The number of hydrogen-bond donors (Lipinski definition) is 0. The van der Waals surface area contributed by atoms with E-state index in [9.17, 15) is 4.79 Å². The van der Waals surface area contributed by atoms with E-state index in [4.69, 9.17) is 9.26 Å². The molecule has 2 aromatic rings. The molecule has 4 nitrogen and oxygen atoms in total. The molecule has 1 aromatic carbocycles. The molecule has 1 heterocycles. The molecule has 0 fully saturated rings. The molecule has 0 aliphatic heterocycles. The molecular formula is C16H17NO3. The van der Waals surface area contributed by atoms with Gasteiger partial charge in [0, 0.05) is 24.0 Å². The number of ketones is 1. The molecule has 20 heavy (non-hydrogen) atoms. The highest BCUT2D eigenvalue weighted by Crippen LogP contribution is 2.30. The van der Waals surface area contributed by atoms with Gasteiger partial charge in [0.25, 0.3) is 0 Å². The summed E-state index contributed by atoms with van der Waals surface area (Å²) >= 11 is 0. The summed E-state index contributed by atoms with van der Waals surface area (Å²) < 4.78 is 10.4. The normalized spacial score (nSPS) is 17.9. The third kappa shape index (κ3) is 2.33. The van der Waals surface area contributed by atoms with Gasteiger partial charge in [0.05, 0.1) is 12.8 Å². The maximum absolute atomic E-state index is 12.6. The van der Waals surface area contributed by atoms with Crippen molar-refractivity contribution in [3.05, 3.63) is 46.8 Å². The molecule has 0 amide bonds. The van der Waals surface area contributed by atoms with Crippen molar-refractivity contribution in [2.75, 3.05) is 7.11 Å². The third-order valence-electron chi connectivity index (χ3n) is 3.84. The second kappa shape index (κ2) is 5.12. The first-order chi connectivity index (χ1) is 9.67. The van der Waals surface area contributed by atoms with E-state index in [0.717, 1.165) is 41.2 Å². The van der Waals surface area contributed by atoms with Gasteiger partial charge >= 0.3 is 0 Å². The molecule has 0 N–H and O–H groups in total. The standard InChI is InChI=1S/C16H17NO3/c1-10-7-14(20-17-10)8-12-4-3-11-5-6-13(19-2)9-15(11)16(12)18/h5-7,9,12H,3-4,8H2,1-2H3. The number of ether oxygens (including phenoxy) is 1. The predicted octanol–water partition coefficient (Wildman–Crippen LogP) is 2.98. The number of carbonyl (C=O) groups is 1. The van der Waals surface area contributed by atoms with E-state index in [1.54, 1.807) is 7.11 Å². The van der Waals surface area contributed by atoms with Crippen LogP contribution >= 0.6 is 0 Å². The zero-order valence-electron chi connectivity index (χ0n) is 11.7. The Bertz CT molecular complexity index is 645. The first kappa shape index (κ1) is 12.9. The van der Waals surface area contributed by atoms with Gasteiger partial charge in [0.2, 0.25) is 0 Å². The molecule has 0 spiro atoms. The first-order valence-electron chi connectivity index (χ1n) is 6.80. The van der Waals surface area contributed by atoms with Crippen LogP contribution in [-0.2, 0) is 12.8 Å². The van der Waals surface area contributed by atoms with E-state index in [1.165, 1.54) is 0 Å². The molecule has 0 radical (unpaired) electrons. The van der Waals surface area contributed by atoms with Crippen molar-refractivity contribution >= 4 is 5.78 Å². The molecule has 104 valence electrons. The minimum Gasteiger partial charge on any atom is -0.497 e. The van der Waals surface area contributed by atoms with Crippen LogP contribution in [0, 0.1) is 12.8 Å². The smallest absolute Gasteiger partial charge is 0.166 e. The fraction of sp³-hybridized carbons (Fsp3) is 0.375. The number of hydrogen-bond acceptors (Lipinski definition) is 4. The Balaban J connectivity index is 1.84. The number of aromatic nitrogens is 1. The lowest BCUT2D eigenvalue weighted by Crippen LogP contribution is -2.24. The van der Waals surface area contributed by atoms with E-state index in [-0.39, 0.29) is 11.7 Å². The second-order valence-corrected chi connectivity index (χ2v) is 5.26. The fourth-order valence-electron chi connectivity index (χ4n) is 2.76. The Morgan fingerprint density at radius 3 is 2.95 bits per heavy atom. The third-order valence-corrected chi connectivity index (χ3v) is 3.84. The Morgan fingerprint density at radius 1 is 1.40 bits per heavy atom. The van der Waals surface area contributed by atoms with Gasteiger partial charge in [-0.05, 0) is 37.5 Å². The van der Waals surface area contributed by atoms with Crippen LogP contribution in [0.4, 0.5) is 0 Å². The molecule has 0 saturated heterocycles. The lowest BCUT2D eigenvalue weighted by molar-refractivity contribution is 0.0895. The molecule has 0 saturated carbocycles. The Kier molecular flexibility index (Phi) is 3.30. The summed E-state index contributed by atoms with van der Waals surface area (Å²) in [7, 11) is 1.61. The second-order valence-electron chi connectivity index (χ2n) is 5.26. The van der Waals surface area contributed by atoms with E-state index in [2.05, 4.69) is 5.16 Å². The van der Waals surface area contributed by atoms with Crippen LogP contribution in [0.2, 0.25) is 0 Å². The van der Waals surface area contributed by atoms with Gasteiger partial charge in [-0.15, -0.1) is 0 Å². The lowest BCUT2D eigenvalue weighted by atomic mass is 9.80. The van der Waals surface area contributed by atoms with E-state index in [1.807, 2.05) is 31.2 Å². The number of rotatable bonds is 3. The summed E-state index contributed by atoms with van der Waals surface area (Å²) in [5, 5.41) is 3.87. The van der Waals surface area contributed by atoms with Crippen LogP contribution in [0.3, 0.4) is 0 Å². The van der Waals surface area contributed by atoms with Gasteiger partial charge < -0.3 is 9.26 Å². The van der Waals surface area contributed by atoms with Crippen molar-refractivity contribution in [2.24, 2.45) is 5.92 Å². The Labute approximate surface area is 117 Å². The van der Waals surface area contributed by atoms with Crippen molar-refractivity contribution in [3.63, 3.8) is 0 Å². The van der Waals surface area contributed by atoms with Gasteiger partial charge in [-0.25, -0.2) is 0 Å². The average Bonchev–Trinajstić information content (AvgIpc) is 2.87. The summed E-state index contributed by atoms with van der Waals surface area (Å²) in [6.45, 7) is 1.88. The predicted molar refractivity (Wildman–Crippen MR) is 74.1 cm³/mol. The summed E-state index contributed by atoms with van der Waals surface area (Å²) in [4.78, 5) is 12.6. The molecule has 1 aromatic heterocycles. The van der Waals surface area contributed by atoms with Gasteiger partial charge in [0.15, 0.2) is 5.78 Å². The molecule has 1 aliphatic carbocycles. The van der Waals surface area contributed by atoms with Crippen molar-refractivity contribution in [1.29, 1.82) is 0 Å². The molecule has 0 bridgehead atoms. The molecule has 1 atom stereocenters. The minimum absolute atomic E-state index is 0.0260. The van der Waals surface area contributed by atoms with Gasteiger partial charge in [0.1, 0.15) is 11.5 Å². The Hall–Kier alpha value is -2.10. The minimum atomic E-state index is -0.0260. The average molecular weight is 271 g/mol. The summed E-state index contributed by atoms with van der Waals surface area (Å²) in [5.41, 5.74) is 2.75. The van der Waals surface area contributed by atoms with Crippen LogP contribution in [0.5, 0.6) is 5.75 Å². The number of methoxy groups -OCH3 is 1. The number of aryl methyl sites for hydroxylation is 2. The quantitative estimate of drug-likeness (QED) is 0.861. The van der Waals surface area contributed by atoms with E-state index < -0.39 is 0 Å². The number of fused-ring (bicyclic) bond motifs is 1. The summed E-state index contributed by atoms with van der Waals surface area (Å²) in [6, 6.07) is 7.64. The van der Waals surface area contributed by atoms with Crippen molar-refractivity contribution < 1.29 is 14.1 Å². The highest BCUT2D eigenvalue weighted by Gasteiger charge is 2.28. The highest BCUT2D eigenvalue weighted by atomic mass is 16.5. The van der Waals surface area contributed by atoms with Crippen LogP contribution in [0.15, 0.2) is 28.8 Å². The maximum atomic E-state index is 12.6. The number of carbonyl (C=O) groups excluding carboxylic acids is 1. The van der Waals surface area contributed by atoms with Crippen molar-refractivity contribution in [1.82, 2.24) is 5.16 Å². The maximum Gasteiger partial charge on any atom is 0.166 e. The van der Waals surface area contributed by atoms with E-state index in [0.29, 0.717) is 6.42 Å². The van der Waals surface area contributed by atoms with Crippen LogP contribution in [0.25, 0.3) is 0 Å². The zero-order chi connectivity index (χ0) is 14.1. The lowest BCUT2D eigenvalue weighted by Gasteiger charge is -2.22. The summed E-state index contributed by atoms with van der Waals surface area (Å²) in [6.07, 6.45) is 2.40. The number of nitrogens with zero attached hydrogens (tertiary/aromatic N) is 1. The topological polar surface area (TPSA) is 52.3 Å². The van der Waals surface area contributed by atoms with Crippen molar-refractivity contribution in [2.45, 2.75) is 26.2 Å². The van der Waals surface area contributed by atoms with Gasteiger partial charge in [-0.3, -0.25) is 4.79 Å².